The zero-order valence-corrected chi connectivity index (χ0v) is 11.9. The van der Waals surface area contributed by atoms with Gasteiger partial charge < -0.3 is 24.9 Å². The summed E-state index contributed by atoms with van der Waals surface area (Å²) in [6, 6.07) is 3.27. The zero-order valence-electron chi connectivity index (χ0n) is 10.1. The third-order valence-electron chi connectivity index (χ3n) is 2.34. The van der Waals surface area contributed by atoms with Crippen molar-refractivity contribution in [3.8, 4) is 0 Å². The first kappa shape index (κ1) is 16.8. The monoisotopic (exact) mass is 326 g/mol. The Morgan fingerprint density at radius 3 is 2.05 bits per heavy atom. The average Bonchev–Trinajstić information content (AvgIpc) is 2.23. The Hall–Kier alpha value is -1.28. The van der Waals surface area contributed by atoms with E-state index in [0.29, 0.717) is 0 Å². The van der Waals surface area contributed by atoms with Crippen LogP contribution in [0.2, 0.25) is 0 Å². The fourth-order valence-corrected chi connectivity index (χ4v) is 3.61. The lowest BCUT2D eigenvalue weighted by molar-refractivity contribution is -0.384. The van der Waals surface area contributed by atoms with Crippen LogP contribution in [-0.4, -0.2) is 30.0 Å². The summed E-state index contributed by atoms with van der Waals surface area (Å²) in [6.07, 6.45) is 0. The van der Waals surface area contributed by atoms with E-state index in [0.717, 1.165) is 18.2 Å². The van der Waals surface area contributed by atoms with E-state index in [1.807, 2.05) is 5.32 Å². The molecule has 0 aliphatic rings. The van der Waals surface area contributed by atoms with Crippen molar-refractivity contribution in [3.63, 3.8) is 0 Å². The van der Waals surface area contributed by atoms with Crippen molar-refractivity contribution in [2.75, 3.05) is 5.32 Å². The second-order valence-electron chi connectivity index (χ2n) is 3.95. The second-order valence-corrected chi connectivity index (χ2v) is 7.75. The summed E-state index contributed by atoms with van der Waals surface area (Å²) in [4.78, 5) is 45.7. The van der Waals surface area contributed by atoms with Gasteiger partial charge in [0.2, 0.25) is 5.52 Å². The van der Waals surface area contributed by atoms with Crippen LogP contribution in [0.1, 0.15) is 5.56 Å². The van der Waals surface area contributed by atoms with Crippen molar-refractivity contribution in [2.45, 2.75) is 12.4 Å². The van der Waals surface area contributed by atoms with Gasteiger partial charge in [-0.05, 0) is 18.6 Å². The zero-order chi connectivity index (χ0) is 15.7. The quantitative estimate of drug-likeness (QED) is 0.300. The first-order valence-corrected chi connectivity index (χ1v) is 8.41. The van der Waals surface area contributed by atoms with Crippen LogP contribution in [0.5, 0.6) is 0 Å². The van der Waals surface area contributed by atoms with Crippen LogP contribution >= 0.6 is 15.2 Å². The number of hydrogen-bond acceptors (Lipinski definition) is 5. The van der Waals surface area contributed by atoms with E-state index in [2.05, 4.69) is 0 Å². The van der Waals surface area contributed by atoms with E-state index in [9.17, 15) is 19.2 Å². The molecule has 112 valence electrons. The van der Waals surface area contributed by atoms with Crippen LogP contribution in [0.4, 0.5) is 11.4 Å². The molecule has 0 bridgehead atoms. The molecule has 0 saturated carbocycles. The van der Waals surface area contributed by atoms with Gasteiger partial charge in [0.1, 0.15) is 0 Å². The number of nitrogens with one attached hydrogen (secondary N) is 1. The molecule has 5 N–H and O–H groups in total. The maximum absolute atomic E-state index is 11.1. The van der Waals surface area contributed by atoms with Crippen molar-refractivity contribution >= 4 is 26.6 Å². The SMILES string of the molecule is Cc1cc([N+](=O)[O-])ccc1NC(P(=O)(O)O)P(=O)(O)O. The van der Waals surface area contributed by atoms with Crippen LogP contribution in [-0.2, 0) is 9.13 Å². The number of nitro benzene ring substituents is 1. The molecule has 0 aliphatic heterocycles. The molecule has 0 radical (unpaired) electrons. The van der Waals surface area contributed by atoms with Gasteiger partial charge in [-0.25, -0.2) is 0 Å². The highest BCUT2D eigenvalue weighted by Crippen LogP contribution is 2.59. The van der Waals surface area contributed by atoms with Crippen molar-refractivity contribution in [3.05, 3.63) is 33.9 Å². The van der Waals surface area contributed by atoms with E-state index in [-0.39, 0.29) is 16.9 Å². The van der Waals surface area contributed by atoms with Crippen molar-refractivity contribution in [1.82, 2.24) is 0 Å². The molecule has 12 heteroatoms. The number of aryl methyl sites for hydroxylation is 1. The molecule has 0 unspecified atom stereocenters. The molecule has 1 aromatic carbocycles. The molecule has 0 aromatic heterocycles. The van der Waals surface area contributed by atoms with Gasteiger partial charge in [0, 0.05) is 17.8 Å². The smallest absolute Gasteiger partial charge is 0.360 e. The highest BCUT2D eigenvalue weighted by molar-refractivity contribution is 7.71. The Morgan fingerprint density at radius 2 is 1.70 bits per heavy atom. The maximum Gasteiger partial charge on any atom is 0.360 e. The standard InChI is InChI=1S/C8H12N2O8P2/c1-5-4-6(10(11)12)2-3-7(5)9-8(19(13,14)15)20(16,17)18/h2-4,8-9H,1H3,(H2,13,14,15)(H2,16,17,18). The molecule has 1 aromatic rings. The Kier molecular flexibility index (Phi) is 4.70. The molecule has 0 atom stereocenters. The molecule has 0 amide bonds. The topological polar surface area (TPSA) is 170 Å². The van der Waals surface area contributed by atoms with Gasteiger partial charge in [0.05, 0.1) is 4.92 Å². The molecular formula is C8H12N2O8P2. The van der Waals surface area contributed by atoms with Crippen LogP contribution in [0, 0.1) is 17.0 Å². The van der Waals surface area contributed by atoms with Crippen LogP contribution in [0.15, 0.2) is 18.2 Å². The van der Waals surface area contributed by atoms with E-state index in [1.54, 1.807) is 0 Å². The molecule has 0 heterocycles. The molecule has 1 rings (SSSR count). The van der Waals surface area contributed by atoms with E-state index in [4.69, 9.17) is 19.6 Å². The highest BCUT2D eigenvalue weighted by atomic mass is 31.2. The predicted octanol–water partition coefficient (Wildman–Crippen LogP) is 0.954. The average molecular weight is 326 g/mol. The normalized spacial score (nSPS) is 12.5. The number of hydrogen-bond donors (Lipinski definition) is 5. The first-order valence-electron chi connectivity index (χ1n) is 5.05. The third kappa shape index (κ3) is 4.11. The van der Waals surface area contributed by atoms with Gasteiger partial charge in [-0.3, -0.25) is 19.2 Å². The molecule has 20 heavy (non-hydrogen) atoms. The van der Waals surface area contributed by atoms with Gasteiger partial charge in [0.25, 0.3) is 5.69 Å². The van der Waals surface area contributed by atoms with Crippen LogP contribution < -0.4 is 5.32 Å². The Morgan fingerprint density at radius 1 is 1.20 bits per heavy atom. The lowest BCUT2D eigenvalue weighted by Crippen LogP contribution is -2.20. The van der Waals surface area contributed by atoms with Crippen LogP contribution in [0.3, 0.4) is 0 Å². The van der Waals surface area contributed by atoms with Gasteiger partial charge in [-0.1, -0.05) is 0 Å². The van der Waals surface area contributed by atoms with Gasteiger partial charge >= 0.3 is 15.2 Å². The highest BCUT2D eigenvalue weighted by Gasteiger charge is 2.43. The summed E-state index contributed by atoms with van der Waals surface area (Å²) >= 11 is 0. The molecule has 0 saturated heterocycles. The Labute approximate surface area is 112 Å². The Bertz CT molecular complexity index is 599. The summed E-state index contributed by atoms with van der Waals surface area (Å²) in [7, 11) is -10.2. The van der Waals surface area contributed by atoms with Crippen LogP contribution in [0.25, 0.3) is 0 Å². The fraction of sp³-hybridized carbons (Fsp3) is 0.250. The van der Waals surface area contributed by atoms with E-state index < -0.39 is 25.6 Å². The summed E-state index contributed by atoms with van der Waals surface area (Å²) in [5.41, 5.74) is -2.47. The predicted molar refractivity (Wildman–Crippen MR) is 69.3 cm³/mol. The second kappa shape index (κ2) is 5.61. The summed E-state index contributed by atoms with van der Waals surface area (Å²) in [5, 5.41) is 12.6. The molecular weight excluding hydrogens is 314 g/mol. The summed E-state index contributed by atoms with van der Waals surface area (Å²) in [5.74, 6) is 0. The molecule has 0 fully saturated rings. The lowest BCUT2D eigenvalue weighted by atomic mass is 10.2. The van der Waals surface area contributed by atoms with Crippen molar-refractivity contribution < 1.29 is 33.6 Å². The largest absolute Gasteiger partial charge is 0.361 e. The maximum atomic E-state index is 11.1. The minimum absolute atomic E-state index is 0.0211. The molecule has 10 nitrogen and oxygen atoms in total. The summed E-state index contributed by atoms with van der Waals surface area (Å²) in [6.45, 7) is 1.39. The molecule has 0 spiro atoms. The van der Waals surface area contributed by atoms with Crippen molar-refractivity contribution in [1.29, 1.82) is 0 Å². The van der Waals surface area contributed by atoms with Gasteiger partial charge in [0.15, 0.2) is 0 Å². The number of non-ortho nitro benzene ring substituents is 1. The minimum Gasteiger partial charge on any atom is -0.361 e. The van der Waals surface area contributed by atoms with Crippen molar-refractivity contribution in [2.24, 2.45) is 0 Å². The number of benzene rings is 1. The summed E-state index contributed by atoms with van der Waals surface area (Å²) < 4.78 is 22.2. The lowest BCUT2D eigenvalue weighted by Gasteiger charge is -2.22. The van der Waals surface area contributed by atoms with Gasteiger partial charge in [-0.15, -0.1) is 0 Å². The minimum atomic E-state index is -5.12. The molecule has 0 aliphatic carbocycles. The van der Waals surface area contributed by atoms with Gasteiger partial charge in [-0.2, -0.15) is 0 Å². The third-order valence-corrected chi connectivity index (χ3v) is 5.68. The number of rotatable bonds is 5. The van der Waals surface area contributed by atoms with E-state index >= 15 is 0 Å². The number of nitrogens with zero attached hydrogens (tertiary/aromatic N) is 1. The number of anilines is 1. The Balaban J connectivity index is 3.17. The first-order chi connectivity index (χ1) is 8.93. The number of nitro groups is 1. The fourth-order valence-electron chi connectivity index (χ4n) is 1.43. The van der Waals surface area contributed by atoms with E-state index in [1.165, 1.54) is 6.92 Å².